The van der Waals surface area contributed by atoms with E-state index in [9.17, 15) is 38.9 Å². The van der Waals surface area contributed by atoms with Crippen molar-refractivity contribution in [2.75, 3.05) is 0 Å². The second-order valence-corrected chi connectivity index (χ2v) is 12.5. The van der Waals surface area contributed by atoms with Gasteiger partial charge in [0.1, 0.15) is 21.3 Å². The van der Waals surface area contributed by atoms with Crippen molar-refractivity contribution >= 4 is 68.7 Å². The fraction of sp³-hybridized carbons (Fsp3) is 0.0400. The zero-order valence-corrected chi connectivity index (χ0v) is 21.6. The van der Waals surface area contributed by atoms with Gasteiger partial charge in [-0.1, -0.05) is 61.2 Å². The standard InChI is InChI=1S/C25H18O10S3/c1-2-15-12-18-19(36(26,27)28)11-9-16-8-10-17-22(20(16)18)21(15)25(38(32,33)34)23(24(17)37(29,30)31)35-13-14-6-4-3-5-7-14/h2-12H,1,13H2,(H,26,27,28)(H,29,30,31)(H,32,33,34). The van der Waals surface area contributed by atoms with Crippen LogP contribution in [0.1, 0.15) is 11.1 Å². The van der Waals surface area contributed by atoms with Crippen LogP contribution in [0.3, 0.4) is 0 Å². The fourth-order valence-electron chi connectivity index (χ4n) is 4.72. The molecule has 0 atom stereocenters. The molecule has 0 heterocycles. The lowest BCUT2D eigenvalue weighted by Gasteiger charge is -2.22. The molecule has 0 unspecified atom stereocenters. The molecule has 3 N–H and O–H groups in total. The molecule has 0 aliphatic rings. The van der Waals surface area contributed by atoms with Crippen LogP contribution in [0.15, 0.2) is 81.9 Å². The van der Waals surface area contributed by atoms with Crippen LogP contribution < -0.4 is 4.74 Å². The Labute approximate surface area is 217 Å². The summed E-state index contributed by atoms with van der Waals surface area (Å²) in [7, 11) is -15.2. The molecule has 5 aromatic carbocycles. The molecule has 5 rings (SSSR count). The number of benzene rings is 5. The Kier molecular flexibility index (Phi) is 5.98. The van der Waals surface area contributed by atoms with Crippen molar-refractivity contribution in [3.05, 3.63) is 78.4 Å². The molecule has 13 heteroatoms. The summed E-state index contributed by atoms with van der Waals surface area (Å²) in [5.41, 5.74) is 0.520. The van der Waals surface area contributed by atoms with Crippen LogP contribution in [0.5, 0.6) is 5.75 Å². The minimum Gasteiger partial charge on any atom is -0.486 e. The van der Waals surface area contributed by atoms with E-state index in [1.807, 2.05) is 0 Å². The maximum atomic E-state index is 12.8. The third-order valence-corrected chi connectivity index (χ3v) is 8.89. The first-order valence-corrected chi connectivity index (χ1v) is 15.1. The Hall–Kier alpha value is -3.59. The smallest absolute Gasteiger partial charge is 0.298 e. The summed E-state index contributed by atoms with van der Waals surface area (Å²) < 4.78 is 111. The highest BCUT2D eigenvalue weighted by atomic mass is 32.2. The summed E-state index contributed by atoms with van der Waals surface area (Å²) in [5.74, 6) is -0.817. The number of ether oxygens (including phenoxy) is 1. The van der Waals surface area contributed by atoms with E-state index in [1.165, 1.54) is 30.3 Å². The molecule has 196 valence electrons. The minimum atomic E-state index is -5.23. The second-order valence-electron chi connectivity index (χ2n) is 8.43. The van der Waals surface area contributed by atoms with Crippen LogP contribution in [0.4, 0.5) is 0 Å². The van der Waals surface area contributed by atoms with E-state index in [0.717, 1.165) is 6.07 Å². The topological polar surface area (TPSA) is 172 Å². The van der Waals surface area contributed by atoms with E-state index in [1.54, 1.807) is 30.3 Å². The average Bonchev–Trinajstić information content (AvgIpc) is 2.83. The van der Waals surface area contributed by atoms with Gasteiger partial charge in [0.25, 0.3) is 30.4 Å². The van der Waals surface area contributed by atoms with Gasteiger partial charge in [0.05, 0.1) is 0 Å². The lowest BCUT2D eigenvalue weighted by molar-refractivity contribution is 0.288. The van der Waals surface area contributed by atoms with Gasteiger partial charge in [-0.2, -0.15) is 25.3 Å². The molecule has 0 aliphatic carbocycles. The molecule has 10 nitrogen and oxygen atoms in total. The predicted molar refractivity (Wildman–Crippen MR) is 140 cm³/mol. The summed E-state index contributed by atoms with van der Waals surface area (Å²) in [6, 6.07) is 14.8. The minimum absolute atomic E-state index is 0.00910. The van der Waals surface area contributed by atoms with Crippen LogP contribution in [0.25, 0.3) is 38.4 Å². The van der Waals surface area contributed by atoms with E-state index in [0.29, 0.717) is 10.9 Å². The second kappa shape index (κ2) is 8.73. The van der Waals surface area contributed by atoms with Gasteiger partial charge in [0, 0.05) is 21.5 Å². The van der Waals surface area contributed by atoms with Crippen molar-refractivity contribution < 1.29 is 43.6 Å². The third kappa shape index (κ3) is 4.18. The molecular weight excluding hydrogens is 556 g/mol. The van der Waals surface area contributed by atoms with Crippen molar-refractivity contribution in [3.8, 4) is 5.75 Å². The highest BCUT2D eigenvalue weighted by Gasteiger charge is 2.34. The first-order valence-electron chi connectivity index (χ1n) is 10.8. The van der Waals surface area contributed by atoms with E-state index in [-0.39, 0.29) is 39.1 Å². The predicted octanol–water partition coefficient (Wildman–Crippen LogP) is 4.55. The SMILES string of the molecule is C=Cc1cc2c(S(=O)(=O)O)ccc3ccc4c(S(=O)(=O)O)c(OCc5ccccc5)c(S(=O)(=O)O)c1c4c32. The molecule has 0 bridgehead atoms. The summed E-state index contributed by atoms with van der Waals surface area (Å²) in [6.45, 7) is 3.33. The Morgan fingerprint density at radius 1 is 0.711 bits per heavy atom. The van der Waals surface area contributed by atoms with Crippen molar-refractivity contribution in [3.63, 3.8) is 0 Å². The normalized spacial score (nSPS) is 12.9. The average molecular weight is 575 g/mol. The van der Waals surface area contributed by atoms with Gasteiger partial charge in [-0.3, -0.25) is 13.7 Å². The van der Waals surface area contributed by atoms with Crippen molar-refractivity contribution in [2.45, 2.75) is 21.3 Å². The van der Waals surface area contributed by atoms with E-state index in [2.05, 4.69) is 6.58 Å². The largest absolute Gasteiger partial charge is 0.486 e. The van der Waals surface area contributed by atoms with Crippen molar-refractivity contribution in [1.29, 1.82) is 0 Å². The van der Waals surface area contributed by atoms with Gasteiger partial charge in [0.2, 0.25) is 0 Å². The van der Waals surface area contributed by atoms with Gasteiger partial charge in [-0.15, -0.1) is 0 Å². The van der Waals surface area contributed by atoms with Gasteiger partial charge in [-0.25, -0.2) is 0 Å². The molecule has 0 saturated carbocycles. The summed E-state index contributed by atoms with van der Waals surface area (Å²) in [4.78, 5) is -2.40. The molecule has 0 saturated heterocycles. The monoisotopic (exact) mass is 574 g/mol. The molecular formula is C25H18O10S3. The molecule has 0 aromatic heterocycles. The van der Waals surface area contributed by atoms with Crippen LogP contribution in [-0.4, -0.2) is 38.9 Å². The van der Waals surface area contributed by atoms with Crippen LogP contribution >= 0.6 is 0 Å². The fourth-order valence-corrected chi connectivity index (χ4v) is 7.18. The summed E-state index contributed by atoms with van der Waals surface area (Å²) in [5, 5.41) is -0.139. The quantitative estimate of drug-likeness (QED) is 0.185. The number of hydrogen-bond acceptors (Lipinski definition) is 7. The highest BCUT2D eigenvalue weighted by Crippen LogP contribution is 2.49. The lowest BCUT2D eigenvalue weighted by Crippen LogP contribution is -2.12. The Morgan fingerprint density at radius 2 is 1.34 bits per heavy atom. The molecule has 0 aliphatic heterocycles. The first kappa shape index (κ1) is 26.0. The van der Waals surface area contributed by atoms with Crippen LogP contribution in [-0.2, 0) is 37.0 Å². The highest BCUT2D eigenvalue weighted by molar-refractivity contribution is 7.87. The van der Waals surface area contributed by atoms with E-state index < -0.39 is 50.8 Å². The van der Waals surface area contributed by atoms with Crippen molar-refractivity contribution in [1.82, 2.24) is 0 Å². The summed E-state index contributed by atoms with van der Waals surface area (Å²) in [6.07, 6.45) is 1.18. The van der Waals surface area contributed by atoms with Gasteiger partial charge >= 0.3 is 0 Å². The molecule has 0 amide bonds. The molecule has 38 heavy (non-hydrogen) atoms. The maximum absolute atomic E-state index is 12.8. The number of rotatable bonds is 7. The van der Waals surface area contributed by atoms with Crippen molar-refractivity contribution in [2.24, 2.45) is 0 Å². The molecule has 0 radical (unpaired) electrons. The Morgan fingerprint density at radius 3 is 1.92 bits per heavy atom. The zero-order chi connectivity index (χ0) is 27.6. The zero-order valence-electron chi connectivity index (χ0n) is 19.2. The van der Waals surface area contributed by atoms with Crippen LogP contribution in [0.2, 0.25) is 0 Å². The molecule has 0 fully saturated rings. The lowest BCUT2D eigenvalue weighted by atomic mass is 9.91. The maximum Gasteiger partial charge on any atom is 0.298 e. The van der Waals surface area contributed by atoms with E-state index in [4.69, 9.17) is 4.74 Å². The Bertz CT molecular complexity index is 2100. The van der Waals surface area contributed by atoms with E-state index >= 15 is 0 Å². The van der Waals surface area contributed by atoms with Gasteiger partial charge < -0.3 is 4.74 Å². The molecule has 0 spiro atoms. The van der Waals surface area contributed by atoms with Gasteiger partial charge in [-0.05, 0) is 34.0 Å². The third-order valence-electron chi connectivity index (χ3n) is 6.15. The molecule has 5 aromatic rings. The van der Waals surface area contributed by atoms with Crippen LogP contribution in [0, 0.1) is 0 Å². The van der Waals surface area contributed by atoms with Gasteiger partial charge in [0.15, 0.2) is 5.75 Å². The number of hydrogen-bond donors (Lipinski definition) is 3. The summed E-state index contributed by atoms with van der Waals surface area (Å²) >= 11 is 0. The first-order chi connectivity index (χ1) is 17.7. The Balaban J connectivity index is 2.08.